The van der Waals surface area contributed by atoms with Crippen molar-refractivity contribution in [2.45, 2.75) is 19.8 Å². The van der Waals surface area contributed by atoms with Gasteiger partial charge in [-0.2, -0.15) is 0 Å². The molecule has 0 spiro atoms. The predicted molar refractivity (Wildman–Crippen MR) is 87.0 cm³/mol. The lowest BCUT2D eigenvalue weighted by Gasteiger charge is -2.27. The van der Waals surface area contributed by atoms with E-state index < -0.39 is 0 Å². The van der Waals surface area contributed by atoms with Gasteiger partial charge in [0.25, 0.3) is 0 Å². The number of piperidine rings is 1. The van der Waals surface area contributed by atoms with E-state index in [9.17, 15) is 0 Å². The zero-order chi connectivity index (χ0) is 13.5. The number of benzene rings is 1. The van der Waals surface area contributed by atoms with Crippen LogP contribution in [-0.2, 0) is 0 Å². The molecule has 2 rings (SSSR count). The molecule has 1 aliphatic rings. The van der Waals surface area contributed by atoms with E-state index >= 15 is 0 Å². The topological polar surface area (TPSA) is 24.5 Å². The fourth-order valence-electron chi connectivity index (χ4n) is 2.55. The Morgan fingerprint density at radius 3 is 2.50 bits per heavy atom. The van der Waals surface area contributed by atoms with E-state index in [1.165, 1.54) is 38.0 Å². The fourth-order valence-corrected chi connectivity index (χ4v) is 2.55. The number of nitrogens with one attached hydrogen (secondary N) is 1. The number of ether oxygens (including phenoxy) is 1. The van der Waals surface area contributed by atoms with Crippen LogP contribution in [-0.4, -0.2) is 44.7 Å². The van der Waals surface area contributed by atoms with Crippen molar-refractivity contribution in [2.75, 3.05) is 39.8 Å². The first kappa shape index (κ1) is 17.3. The second kappa shape index (κ2) is 9.22. The summed E-state index contributed by atoms with van der Waals surface area (Å²) in [6.45, 7) is 7.41. The normalized spacial score (nSPS) is 15.9. The molecule has 0 aliphatic carbocycles. The SMILES string of the molecule is Cc1ccc(OCCN(C)CC2CCNCC2)cc1.Cl. The average molecular weight is 299 g/mol. The van der Waals surface area contributed by atoms with Crippen LogP contribution in [0.3, 0.4) is 0 Å². The molecular formula is C16H27ClN2O. The molecule has 4 heteroatoms. The number of nitrogens with zero attached hydrogens (tertiary/aromatic N) is 1. The van der Waals surface area contributed by atoms with Crippen LogP contribution >= 0.6 is 12.4 Å². The third-order valence-corrected chi connectivity index (χ3v) is 3.79. The van der Waals surface area contributed by atoms with Crippen LogP contribution in [0, 0.1) is 12.8 Å². The van der Waals surface area contributed by atoms with Crippen molar-refractivity contribution in [1.29, 1.82) is 0 Å². The minimum Gasteiger partial charge on any atom is -0.492 e. The summed E-state index contributed by atoms with van der Waals surface area (Å²) in [6.07, 6.45) is 2.62. The van der Waals surface area contributed by atoms with Gasteiger partial charge >= 0.3 is 0 Å². The molecule has 0 aromatic heterocycles. The Morgan fingerprint density at radius 1 is 1.20 bits per heavy atom. The van der Waals surface area contributed by atoms with Gasteiger partial charge in [-0.1, -0.05) is 17.7 Å². The highest BCUT2D eigenvalue weighted by Crippen LogP contribution is 2.13. The van der Waals surface area contributed by atoms with Crippen molar-refractivity contribution in [3.05, 3.63) is 29.8 Å². The summed E-state index contributed by atoms with van der Waals surface area (Å²) < 4.78 is 5.77. The van der Waals surface area contributed by atoms with Gasteiger partial charge in [0.05, 0.1) is 0 Å². The van der Waals surface area contributed by atoms with Gasteiger partial charge in [-0.3, -0.25) is 0 Å². The maximum atomic E-state index is 5.77. The molecule has 1 aromatic rings. The van der Waals surface area contributed by atoms with Crippen LogP contribution in [0.4, 0.5) is 0 Å². The third kappa shape index (κ3) is 6.12. The van der Waals surface area contributed by atoms with E-state index in [0.717, 1.165) is 24.8 Å². The summed E-state index contributed by atoms with van der Waals surface area (Å²) in [5, 5.41) is 3.41. The fraction of sp³-hybridized carbons (Fsp3) is 0.625. The average Bonchev–Trinajstić information content (AvgIpc) is 2.42. The van der Waals surface area contributed by atoms with Crippen LogP contribution in [0.5, 0.6) is 5.75 Å². The summed E-state index contributed by atoms with van der Waals surface area (Å²) in [6, 6.07) is 8.27. The number of halogens is 1. The van der Waals surface area contributed by atoms with Gasteiger partial charge in [0.1, 0.15) is 12.4 Å². The second-order valence-electron chi connectivity index (χ2n) is 5.62. The third-order valence-electron chi connectivity index (χ3n) is 3.79. The highest BCUT2D eigenvalue weighted by Gasteiger charge is 2.14. The predicted octanol–water partition coefficient (Wildman–Crippen LogP) is 2.73. The van der Waals surface area contributed by atoms with E-state index in [1.807, 2.05) is 12.1 Å². The van der Waals surface area contributed by atoms with E-state index in [2.05, 4.69) is 36.3 Å². The van der Waals surface area contributed by atoms with E-state index in [1.54, 1.807) is 0 Å². The molecular weight excluding hydrogens is 272 g/mol. The summed E-state index contributed by atoms with van der Waals surface area (Å²) >= 11 is 0. The number of hydrogen-bond donors (Lipinski definition) is 1. The molecule has 3 nitrogen and oxygen atoms in total. The Morgan fingerprint density at radius 2 is 1.85 bits per heavy atom. The summed E-state index contributed by atoms with van der Waals surface area (Å²) in [4.78, 5) is 2.39. The van der Waals surface area contributed by atoms with Crippen molar-refractivity contribution in [3.8, 4) is 5.75 Å². The van der Waals surface area contributed by atoms with E-state index in [0.29, 0.717) is 0 Å². The number of likely N-dealkylation sites (N-methyl/N-ethyl adjacent to an activating group) is 1. The smallest absolute Gasteiger partial charge is 0.119 e. The van der Waals surface area contributed by atoms with Gasteiger partial charge in [0.15, 0.2) is 0 Å². The number of aryl methyl sites for hydroxylation is 1. The van der Waals surface area contributed by atoms with Crippen LogP contribution in [0.25, 0.3) is 0 Å². The molecule has 20 heavy (non-hydrogen) atoms. The first-order valence-electron chi connectivity index (χ1n) is 7.33. The van der Waals surface area contributed by atoms with Gasteiger partial charge in [0.2, 0.25) is 0 Å². The highest BCUT2D eigenvalue weighted by molar-refractivity contribution is 5.85. The number of rotatable bonds is 6. The molecule has 0 radical (unpaired) electrons. The first-order chi connectivity index (χ1) is 9.24. The van der Waals surface area contributed by atoms with E-state index in [4.69, 9.17) is 4.74 Å². The molecule has 1 fully saturated rings. The summed E-state index contributed by atoms with van der Waals surface area (Å²) in [5.74, 6) is 1.83. The van der Waals surface area contributed by atoms with Gasteiger partial charge < -0.3 is 15.0 Å². The lowest BCUT2D eigenvalue weighted by Crippen LogP contribution is -2.36. The van der Waals surface area contributed by atoms with Crippen molar-refractivity contribution in [3.63, 3.8) is 0 Å². The van der Waals surface area contributed by atoms with Crippen molar-refractivity contribution < 1.29 is 4.74 Å². The molecule has 0 unspecified atom stereocenters. The first-order valence-corrected chi connectivity index (χ1v) is 7.33. The summed E-state index contributed by atoms with van der Waals surface area (Å²) in [5.41, 5.74) is 1.27. The lowest BCUT2D eigenvalue weighted by molar-refractivity contribution is 0.199. The Balaban J connectivity index is 0.00000200. The Labute approximate surface area is 129 Å². The molecule has 114 valence electrons. The Bertz CT molecular complexity index is 363. The zero-order valence-corrected chi connectivity index (χ0v) is 13.4. The molecule has 0 saturated carbocycles. The molecule has 1 saturated heterocycles. The van der Waals surface area contributed by atoms with Crippen LogP contribution in [0.15, 0.2) is 24.3 Å². The molecule has 0 amide bonds. The van der Waals surface area contributed by atoms with Gasteiger partial charge in [-0.05, 0) is 58.0 Å². The minimum absolute atomic E-state index is 0. The van der Waals surface area contributed by atoms with Crippen LogP contribution in [0.1, 0.15) is 18.4 Å². The highest BCUT2D eigenvalue weighted by atomic mass is 35.5. The largest absolute Gasteiger partial charge is 0.492 e. The zero-order valence-electron chi connectivity index (χ0n) is 12.6. The second-order valence-corrected chi connectivity index (χ2v) is 5.62. The molecule has 1 aliphatic heterocycles. The maximum absolute atomic E-state index is 5.77. The molecule has 0 atom stereocenters. The lowest BCUT2D eigenvalue weighted by atomic mass is 9.98. The van der Waals surface area contributed by atoms with Crippen molar-refractivity contribution in [2.24, 2.45) is 5.92 Å². The van der Waals surface area contributed by atoms with Gasteiger partial charge in [-0.15, -0.1) is 12.4 Å². The molecule has 1 heterocycles. The monoisotopic (exact) mass is 298 g/mol. The van der Waals surface area contributed by atoms with E-state index in [-0.39, 0.29) is 12.4 Å². The van der Waals surface area contributed by atoms with Gasteiger partial charge in [-0.25, -0.2) is 0 Å². The quantitative estimate of drug-likeness (QED) is 0.874. The standard InChI is InChI=1S/C16H26N2O.ClH/c1-14-3-5-16(6-4-14)19-12-11-18(2)13-15-7-9-17-10-8-15;/h3-6,15,17H,7-13H2,1-2H3;1H. The molecule has 1 aromatic carbocycles. The molecule has 0 bridgehead atoms. The molecule has 1 N–H and O–H groups in total. The van der Waals surface area contributed by atoms with Crippen LogP contribution < -0.4 is 10.1 Å². The minimum atomic E-state index is 0. The number of hydrogen-bond acceptors (Lipinski definition) is 3. The van der Waals surface area contributed by atoms with Crippen molar-refractivity contribution >= 4 is 12.4 Å². The van der Waals surface area contributed by atoms with Crippen LogP contribution in [0.2, 0.25) is 0 Å². The Hall–Kier alpha value is -0.770. The summed E-state index contributed by atoms with van der Waals surface area (Å²) in [7, 11) is 2.19. The maximum Gasteiger partial charge on any atom is 0.119 e. The van der Waals surface area contributed by atoms with Crippen molar-refractivity contribution in [1.82, 2.24) is 10.2 Å². The Kier molecular flexibility index (Phi) is 7.97. The van der Waals surface area contributed by atoms with Gasteiger partial charge in [0, 0.05) is 13.1 Å².